The zero-order chi connectivity index (χ0) is 19.9. The Labute approximate surface area is 168 Å². The zero-order valence-electron chi connectivity index (χ0n) is 15.6. The lowest BCUT2D eigenvalue weighted by atomic mass is 9.91. The van der Waals surface area contributed by atoms with Crippen LogP contribution in [0.25, 0.3) is 10.4 Å². The number of sulfonamides is 1. The van der Waals surface area contributed by atoms with Crippen molar-refractivity contribution in [3.8, 4) is 10.4 Å². The molecule has 0 saturated carbocycles. The van der Waals surface area contributed by atoms with Crippen molar-refractivity contribution < 1.29 is 13.2 Å². The molecule has 0 aliphatic heterocycles. The molecule has 0 spiro atoms. The fourth-order valence-electron chi connectivity index (χ4n) is 3.45. The molecule has 1 aromatic heterocycles. The second kappa shape index (κ2) is 7.16. The average molecular weight is 413 g/mol. The topological polar surface area (TPSA) is 75.3 Å². The molecule has 5 nitrogen and oxygen atoms in total. The summed E-state index contributed by atoms with van der Waals surface area (Å²) in [7, 11) is -2.22. The number of rotatable bonds is 4. The predicted octanol–water partition coefficient (Wildman–Crippen LogP) is 3.98. The molecule has 1 aliphatic carbocycles. The Hall–Kier alpha value is -2.48. The summed E-state index contributed by atoms with van der Waals surface area (Å²) in [4.78, 5) is 14.7. The Balaban J connectivity index is 1.63. The van der Waals surface area contributed by atoms with E-state index in [1.165, 1.54) is 41.1 Å². The Morgan fingerprint density at radius 3 is 2.57 bits per heavy atom. The predicted molar refractivity (Wildman–Crippen MR) is 113 cm³/mol. The van der Waals surface area contributed by atoms with Crippen LogP contribution in [0.1, 0.15) is 26.4 Å². The van der Waals surface area contributed by atoms with Gasteiger partial charge in [-0.2, -0.15) is 0 Å². The maximum atomic E-state index is 12.8. The summed E-state index contributed by atoms with van der Waals surface area (Å²) in [6, 6.07) is 15.1. The third-order valence-electron chi connectivity index (χ3n) is 4.96. The van der Waals surface area contributed by atoms with Crippen LogP contribution in [0, 0.1) is 6.92 Å². The first-order chi connectivity index (χ1) is 13.4. The molecule has 4 rings (SSSR count). The van der Waals surface area contributed by atoms with Crippen LogP contribution in [0.15, 0.2) is 53.4 Å². The average Bonchev–Trinajstić information content (AvgIpc) is 3.14. The van der Waals surface area contributed by atoms with Gasteiger partial charge in [-0.3, -0.25) is 4.79 Å². The van der Waals surface area contributed by atoms with Crippen LogP contribution < -0.4 is 10.0 Å². The number of carbonyl (C=O) groups is 1. The third kappa shape index (κ3) is 3.37. The lowest BCUT2D eigenvalue weighted by Gasteiger charge is -2.15. The van der Waals surface area contributed by atoms with Crippen LogP contribution in [0.2, 0.25) is 0 Å². The van der Waals surface area contributed by atoms with Crippen LogP contribution >= 0.6 is 11.3 Å². The van der Waals surface area contributed by atoms with Crippen LogP contribution in [-0.4, -0.2) is 21.4 Å². The van der Waals surface area contributed by atoms with Crippen LogP contribution in [0.3, 0.4) is 0 Å². The number of anilines is 1. The minimum absolute atomic E-state index is 0.159. The summed E-state index contributed by atoms with van der Waals surface area (Å²) in [6.45, 7) is 1.72. The summed E-state index contributed by atoms with van der Waals surface area (Å²) in [5.41, 5.74) is 4.78. The highest BCUT2D eigenvalue weighted by Gasteiger charge is 2.22. The minimum atomic E-state index is -3.59. The van der Waals surface area contributed by atoms with Crippen LogP contribution in [0.4, 0.5) is 5.69 Å². The molecule has 7 heteroatoms. The van der Waals surface area contributed by atoms with Gasteiger partial charge in [0, 0.05) is 10.6 Å². The van der Waals surface area contributed by atoms with E-state index in [0.29, 0.717) is 16.1 Å². The van der Waals surface area contributed by atoms with Gasteiger partial charge in [0.1, 0.15) is 0 Å². The molecule has 2 aromatic carbocycles. The van der Waals surface area contributed by atoms with E-state index >= 15 is 0 Å². The number of nitrogens with one attached hydrogen (secondary N) is 2. The van der Waals surface area contributed by atoms with E-state index in [1.807, 2.05) is 18.2 Å². The highest BCUT2D eigenvalue weighted by Crippen LogP contribution is 2.39. The molecule has 0 atom stereocenters. The molecule has 1 heterocycles. The van der Waals surface area contributed by atoms with Crippen LogP contribution in [-0.2, 0) is 22.9 Å². The summed E-state index contributed by atoms with van der Waals surface area (Å²) < 4.78 is 26.6. The molecule has 0 fully saturated rings. The van der Waals surface area contributed by atoms with Gasteiger partial charge in [0.15, 0.2) is 0 Å². The molecule has 0 radical (unpaired) electrons. The van der Waals surface area contributed by atoms with Gasteiger partial charge in [-0.1, -0.05) is 30.3 Å². The van der Waals surface area contributed by atoms with Gasteiger partial charge in [-0.05, 0) is 67.3 Å². The molecular formula is C21H20N2O3S2. The van der Waals surface area contributed by atoms with E-state index in [9.17, 15) is 13.2 Å². The number of hydrogen-bond acceptors (Lipinski definition) is 4. The highest BCUT2D eigenvalue weighted by atomic mass is 32.2. The number of amides is 1. The molecule has 28 heavy (non-hydrogen) atoms. The first kappa shape index (κ1) is 18.9. The normalized spacial score (nSPS) is 12.9. The SMILES string of the molecule is CNS(=O)(=O)c1cc(NC(=O)c2cc3c(s2)-c2ccccc2CC3)ccc1C. The van der Waals surface area contributed by atoms with Crippen molar-refractivity contribution >= 4 is 33.0 Å². The number of thiophene rings is 1. The Bertz CT molecular complexity index is 1180. The van der Waals surface area contributed by atoms with Crippen molar-refractivity contribution in [2.75, 3.05) is 12.4 Å². The quantitative estimate of drug-likeness (QED) is 0.681. The van der Waals surface area contributed by atoms with Gasteiger partial charge >= 0.3 is 0 Å². The number of fused-ring (bicyclic) bond motifs is 3. The largest absolute Gasteiger partial charge is 0.321 e. The van der Waals surface area contributed by atoms with Crippen LogP contribution in [0.5, 0.6) is 0 Å². The summed E-state index contributed by atoms with van der Waals surface area (Å²) in [5, 5.41) is 2.83. The monoisotopic (exact) mass is 412 g/mol. The molecule has 144 valence electrons. The lowest BCUT2D eigenvalue weighted by Crippen LogP contribution is -2.20. The van der Waals surface area contributed by atoms with Crippen molar-refractivity contribution in [1.29, 1.82) is 0 Å². The fraction of sp³-hybridized carbons (Fsp3) is 0.190. The van der Waals surface area contributed by atoms with Gasteiger partial charge in [-0.15, -0.1) is 11.3 Å². The molecule has 0 bridgehead atoms. The number of aryl methyl sites for hydroxylation is 3. The van der Waals surface area contributed by atoms with Crippen molar-refractivity contribution in [2.45, 2.75) is 24.7 Å². The standard InChI is InChI=1S/C21H20N2O3S2/c1-13-7-10-16(12-19(13)28(25,26)22-2)23-21(24)18-11-15-9-8-14-5-3-4-6-17(14)20(15)27-18/h3-7,10-12,22H,8-9H2,1-2H3,(H,23,24). The smallest absolute Gasteiger partial charge is 0.265 e. The first-order valence-electron chi connectivity index (χ1n) is 8.95. The van der Waals surface area contributed by atoms with E-state index in [2.05, 4.69) is 22.2 Å². The second-order valence-electron chi connectivity index (χ2n) is 6.76. The number of hydrogen-bond donors (Lipinski definition) is 2. The van der Waals surface area contributed by atoms with Crippen molar-refractivity contribution in [3.63, 3.8) is 0 Å². The van der Waals surface area contributed by atoms with E-state index in [-0.39, 0.29) is 10.8 Å². The summed E-state index contributed by atoms with van der Waals surface area (Å²) in [6.07, 6.45) is 1.90. The molecule has 0 saturated heterocycles. The molecule has 0 unspecified atom stereocenters. The Morgan fingerprint density at radius 2 is 1.79 bits per heavy atom. The summed E-state index contributed by atoms with van der Waals surface area (Å²) in [5.74, 6) is -0.228. The maximum Gasteiger partial charge on any atom is 0.265 e. The van der Waals surface area contributed by atoms with Crippen molar-refractivity contribution in [1.82, 2.24) is 4.72 Å². The molecule has 1 aliphatic rings. The van der Waals surface area contributed by atoms with Crippen molar-refractivity contribution in [2.24, 2.45) is 0 Å². The van der Waals surface area contributed by atoms with E-state index in [1.54, 1.807) is 19.1 Å². The van der Waals surface area contributed by atoms with Gasteiger partial charge < -0.3 is 5.32 Å². The summed E-state index contributed by atoms with van der Waals surface area (Å²) >= 11 is 1.48. The third-order valence-corrected chi connectivity index (χ3v) is 7.73. The van der Waals surface area contributed by atoms with Gasteiger partial charge in [0.2, 0.25) is 10.0 Å². The number of carbonyl (C=O) groups excluding carboxylic acids is 1. The molecule has 2 N–H and O–H groups in total. The second-order valence-corrected chi connectivity index (χ2v) is 9.67. The van der Waals surface area contributed by atoms with E-state index < -0.39 is 10.0 Å². The lowest BCUT2D eigenvalue weighted by molar-refractivity contribution is 0.103. The van der Waals surface area contributed by atoms with Gasteiger partial charge in [0.25, 0.3) is 5.91 Å². The minimum Gasteiger partial charge on any atom is -0.321 e. The maximum absolute atomic E-state index is 12.8. The number of benzene rings is 2. The van der Waals surface area contributed by atoms with E-state index in [4.69, 9.17) is 0 Å². The Morgan fingerprint density at radius 1 is 1.04 bits per heavy atom. The van der Waals surface area contributed by atoms with Gasteiger partial charge in [-0.25, -0.2) is 13.1 Å². The van der Waals surface area contributed by atoms with Crippen molar-refractivity contribution in [3.05, 3.63) is 70.1 Å². The van der Waals surface area contributed by atoms with E-state index in [0.717, 1.165) is 17.7 Å². The molecular weight excluding hydrogens is 392 g/mol. The molecule has 3 aromatic rings. The fourth-order valence-corrected chi connectivity index (χ4v) is 5.61. The Kier molecular flexibility index (Phi) is 4.82. The molecule has 1 amide bonds. The van der Waals surface area contributed by atoms with Gasteiger partial charge in [0.05, 0.1) is 9.77 Å². The first-order valence-corrected chi connectivity index (χ1v) is 11.3. The highest BCUT2D eigenvalue weighted by molar-refractivity contribution is 7.89. The zero-order valence-corrected chi connectivity index (χ0v) is 17.2.